The number of aromatic hydroxyl groups is 1. The van der Waals surface area contributed by atoms with Gasteiger partial charge in [0.05, 0.1) is 17.2 Å². The highest BCUT2D eigenvalue weighted by Crippen LogP contribution is 2.37. The Morgan fingerprint density at radius 2 is 1.91 bits per heavy atom. The molecular formula is C26H33Cl2N3O4. The van der Waals surface area contributed by atoms with Crippen LogP contribution >= 0.6 is 23.2 Å². The van der Waals surface area contributed by atoms with Gasteiger partial charge in [0.1, 0.15) is 11.8 Å². The number of benzene rings is 2. The van der Waals surface area contributed by atoms with Crippen molar-refractivity contribution in [1.82, 2.24) is 10.2 Å². The van der Waals surface area contributed by atoms with Crippen LogP contribution in [0.2, 0.25) is 10.0 Å². The van der Waals surface area contributed by atoms with E-state index in [1.807, 2.05) is 30.3 Å². The molecule has 190 valence electrons. The summed E-state index contributed by atoms with van der Waals surface area (Å²) in [5, 5.41) is 13.7. The third-order valence-electron chi connectivity index (χ3n) is 6.22. The number of halogens is 2. The lowest BCUT2D eigenvalue weighted by molar-refractivity contribution is -0.145. The first-order valence-corrected chi connectivity index (χ1v) is 12.7. The summed E-state index contributed by atoms with van der Waals surface area (Å²) in [6, 6.07) is 10.0. The molecule has 0 saturated carbocycles. The number of hydrogen-bond acceptors (Lipinski definition) is 6. The van der Waals surface area contributed by atoms with Crippen LogP contribution in [0.25, 0.3) is 0 Å². The molecule has 2 aromatic rings. The second-order valence-corrected chi connectivity index (χ2v) is 9.58. The number of piperidine rings is 1. The number of amides is 1. The van der Waals surface area contributed by atoms with E-state index in [1.54, 1.807) is 6.92 Å². The molecule has 1 atom stereocenters. The molecule has 0 aromatic heterocycles. The Morgan fingerprint density at radius 1 is 1.23 bits per heavy atom. The first-order chi connectivity index (χ1) is 16.8. The monoisotopic (exact) mass is 521 g/mol. The molecular weight excluding hydrogens is 489 g/mol. The number of phenolic OH excluding ortho intramolecular Hbond substituents is 1. The largest absolute Gasteiger partial charge is 0.506 e. The summed E-state index contributed by atoms with van der Waals surface area (Å²) in [5.74, 6) is -1.57. The van der Waals surface area contributed by atoms with Crippen LogP contribution in [-0.4, -0.2) is 60.2 Å². The normalized spacial score (nSPS) is 15.5. The number of nitrogens with one attached hydrogen (secondary N) is 1. The first-order valence-electron chi connectivity index (χ1n) is 12.0. The van der Waals surface area contributed by atoms with E-state index < -0.39 is 17.9 Å². The molecule has 1 amide bonds. The molecule has 0 aliphatic carbocycles. The van der Waals surface area contributed by atoms with E-state index in [4.69, 9.17) is 33.7 Å². The van der Waals surface area contributed by atoms with Crippen molar-refractivity contribution in [3.63, 3.8) is 0 Å². The molecule has 1 fully saturated rings. The minimum absolute atomic E-state index is 0.0547. The Kier molecular flexibility index (Phi) is 10.2. The van der Waals surface area contributed by atoms with Crippen molar-refractivity contribution >= 4 is 35.1 Å². The van der Waals surface area contributed by atoms with Gasteiger partial charge in [-0.25, -0.2) is 4.79 Å². The topological polar surface area (TPSA) is 105 Å². The van der Waals surface area contributed by atoms with Gasteiger partial charge >= 0.3 is 5.97 Å². The highest BCUT2D eigenvalue weighted by molar-refractivity contribution is 6.37. The number of phenols is 1. The maximum absolute atomic E-state index is 13.0. The minimum atomic E-state index is -0.931. The molecule has 0 spiro atoms. The zero-order chi connectivity index (χ0) is 25.4. The Balaban J connectivity index is 1.69. The van der Waals surface area contributed by atoms with E-state index in [-0.39, 0.29) is 35.4 Å². The number of ether oxygens (including phenoxy) is 1. The molecule has 1 aliphatic heterocycles. The molecule has 3 rings (SSSR count). The van der Waals surface area contributed by atoms with E-state index in [1.165, 1.54) is 6.07 Å². The van der Waals surface area contributed by atoms with Gasteiger partial charge in [-0.05, 0) is 69.4 Å². The lowest BCUT2D eigenvalue weighted by Gasteiger charge is -2.30. The summed E-state index contributed by atoms with van der Waals surface area (Å²) < 4.78 is 5.13. The van der Waals surface area contributed by atoms with Gasteiger partial charge in [-0.3, -0.25) is 4.79 Å². The number of carbonyl (C=O) groups is 2. The average molecular weight is 522 g/mol. The molecule has 1 unspecified atom stereocenters. The van der Waals surface area contributed by atoms with E-state index >= 15 is 0 Å². The molecule has 0 bridgehead atoms. The SMILES string of the molecule is CCOC(=O)C(Cc1ccccc1)NC(=O)c1cc(Cl)c(CCCN2CCC(N)CC2)c(Cl)c1O. The van der Waals surface area contributed by atoms with Crippen molar-refractivity contribution in [3.05, 3.63) is 63.1 Å². The third-order valence-corrected chi connectivity index (χ3v) is 6.97. The van der Waals surface area contributed by atoms with Crippen LogP contribution in [0, 0.1) is 0 Å². The lowest BCUT2D eigenvalue weighted by Crippen LogP contribution is -2.43. The summed E-state index contributed by atoms with van der Waals surface area (Å²) >= 11 is 12.9. The fraction of sp³-hybridized carbons (Fsp3) is 0.462. The predicted octanol–water partition coefficient (Wildman–Crippen LogP) is 3.96. The lowest BCUT2D eigenvalue weighted by atomic mass is 10.0. The molecule has 0 radical (unpaired) electrons. The van der Waals surface area contributed by atoms with Gasteiger partial charge in [0.2, 0.25) is 0 Å². The number of likely N-dealkylation sites (tertiary alicyclic amines) is 1. The summed E-state index contributed by atoms with van der Waals surface area (Å²) in [6.45, 7) is 4.70. The van der Waals surface area contributed by atoms with Gasteiger partial charge in [0.15, 0.2) is 0 Å². The second kappa shape index (κ2) is 13.1. The predicted molar refractivity (Wildman–Crippen MR) is 138 cm³/mol. The Labute approximate surface area is 216 Å². The van der Waals surface area contributed by atoms with Gasteiger partial charge in [-0.1, -0.05) is 53.5 Å². The Bertz CT molecular complexity index is 1010. The van der Waals surface area contributed by atoms with Crippen molar-refractivity contribution in [1.29, 1.82) is 0 Å². The maximum Gasteiger partial charge on any atom is 0.328 e. The zero-order valence-electron chi connectivity index (χ0n) is 19.9. The van der Waals surface area contributed by atoms with Crippen molar-refractivity contribution < 1.29 is 19.4 Å². The minimum Gasteiger partial charge on any atom is -0.506 e. The van der Waals surface area contributed by atoms with Gasteiger partial charge in [0, 0.05) is 17.5 Å². The van der Waals surface area contributed by atoms with Crippen LogP contribution < -0.4 is 11.1 Å². The van der Waals surface area contributed by atoms with Crippen LogP contribution in [0.1, 0.15) is 47.7 Å². The molecule has 9 heteroatoms. The fourth-order valence-corrected chi connectivity index (χ4v) is 4.87. The molecule has 35 heavy (non-hydrogen) atoms. The number of nitrogens with zero attached hydrogens (tertiary/aromatic N) is 1. The number of hydrogen-bond donors (Lipinski definition) is 3. The molecule has 1 heterocycles. The first kappa shape index (κ1) is 27.3. The van der Waals surface area contributed by atoms with Crippen molar-refractivity contribution in [3.8, 4) is 5.75 Å². The van der Waals surface area contributed by atoms with Gasteiger partial charge in [-0.15, -0.1) is 0 Å². The highest BCUT2D eigenvalue weighted by atomic mass is 35.5. The molecule has 1 saturated heterocycles. The molecule has 2 aromatic carbocycles. The molecule has 7 nitrogen and oxygen atoms in total. The number of carbonyl (C=O) groups excluding carboxylic acids is 2. The quantitative estimate of drug-likeness (QED) is 0.408. The summed E-state index contributed by atoms with van der Waals surface area (Å²) in [6.07, 6.45) is 3.59. The van der Waals surface area contributed by atoms with Crippen LogP contribution in [-0.2, 0) is 22.4 Å². The average Bonchev–Trinajstić information content (AvgIpc) is 2.85. The Morgan fingerprint density at radius 3 is 2.57 bits per heavy atom. The summed E-state index contributed by atoms with van der Waals surface area (Å²) in [7, 11) is 0. The number of esters is 1. The Hall–Kier alpha value is -2.32. The van der Waals surface area contributed by atoms with E-state index in [0.29, 0.717) is 17.0 Å². The van der Waals surface area contributed by atoms with E-state index in [9.17, 15) is 14.7 Å². The zero-order valence-corrected chi connectivity index (χ0v) is 21.4. The van der Waals surface area contributed by atoms with E-state index in [2.05, 4.69) is 10.2 Å². The van der Waals surface area contributed by atoms with Gasteiger partial charge in [0.25, 0.3) is 5.91 Å². The number of nitrogens with two attached hydrogens (primary N) is 1. The van der Waals surface area contributed by atoms with Crippen LogP contribution in [0.15, 0.2) is 36.4 Å². The van der Waals surface area contributed by atoms with E-state index in [0.717, 1.165) is 44.5 Å². The van der Waals surface area contributed by atoms with Gasteiger partial charge in [-0.2, -0.15) is 0 Å². The fourth-order valence-electron chi connectivity index (χ4n) is 4.23. The molecule has 1 aliphatic rings. The van der Waals surface area contributed by atoms with Crippen molar-refractivity contribution in [2.45, 2.75) is 51.1 Å². The summed E-state index contributed by atoms with van der Waals surface area (Å²) in [5.41, 5.74) is 7.33. The van der Waals surface area contributed by atoms with Crippen LogP contribution in [0.3, 0.4) is 0 Å². The van der Waals surface area contributed by atoms with Gasteiger partial charge < -0.3 is 25.8 Å². The maximum atomic E-state index is 13.0. The highest BCUT2D eigenvalue weighted by Gasteiger charge is 2.26. The standard InChI is InChI=1S/C26H33Cl2N3O4/c1-2-35-26(34)22(15-17-7-4-3-5-8-17)30-25(33)20-16-21(27)19(23(28)24(20)32)9-6-12-31-13-10-18(29)11-14-31/h3-5,7-8,16,18,22,32H,2,6,9-15,29H2,1H3,(H,30,33). The molecule has 4 N–H and O–H groups in total. The smallest absolute Gasteiger partial charge is 0.328 e. The number of rotatable bonds is 10. The summed E-state index contributed by atoms with van der Waals surface area (Å²) in [4.78, 5) is 27.9. The van der Waals surface area contributed by atoms with Crippen LogP contribution in [0.5, 0.6) is 5.75 Å². The van der Waals surface area contributed by atoms with Crippen molar-refractivity contribution in [2.75, 3.05) is 26.2 Å². The second-order valence-electron chi connectivity index (χ2n) is 8.80. The van der Waals surface area contributed by atoms with Crippen LogP contribution in [0.4, 0.5) is 0 Å². The van der Waals surface area contributed by atoms with Crippen molar-refractivity contribution in [2.24, 2.45) is 5.73 Å². The third kappa shape index (κ3) is 7.58.